The molecule has 0 fully saturated rings. The number of nitrogens with one attached hydrogen (secondary N) is 2. The highest BCUT2D eigenvalue weighted by molar-refractivity contribution is 6.30. The van der Waals surface area contributed by atoms with Crippen LogP contribution < -0.4 is 16.2 Å². The Kier molecular flexibility index (Phi) is 6.64. The van der Waals surface area contributed by atoms with Gasteiger partial charge in [-0.15, -0.1) is 0 Å². The largest absolute Gasteiger partial charge is 0.324 e. The van der Waals surface area contributed by atoms with Crippen molar-refractivity contribution in [1.82, 2.24) is 9.78 Å². The Morgan fingerprint density at radius 2 is 1.80 bits per heavy atom. The van der Waals surface area contributed by atoms with Crippen molar-refractivity contribution in [3.63, 3.8) is 0 Å². The van der Waals surface area contributed by atoms with Crippen LogP contribution >= 0.6 is 11.6 Å². The van der Waals surface area contributed by atoms with Crippen LogP contribution in [0.1, 0.15) is 19.4 Å². The summed E-state index contributed by atoms with van der Waals surface area (Å²) in [5, 5.41) is 10.0. The van der Waals surface area contributed by atoms with Crippen LogP contribution in [0.2, 0.25) is 5.02 Å². The maximum absolute atomic E-state index is 12.7. The van der Waals surface area contributed by atoms with Crippen LogP contribution in [-0.2, 0) is 22.6 Å². The van der Waals surface area contributed by atoms with Gasteiger partial charge < -0.3 is 10.6 Å². The second-order valence-corrected chi connectivity index (χ2v) is 7.13. The summed E-state index contributed by atoms with van der Waals surface area (Å²) in [5.41, 5.74) is 2.39. The van der Waals surface area contributed by atoms with E-state index in [2.05, 4.69) is 22.7 Å². The zero-order valence-corrected chi connectivity index (χ0v) is 17.4. The lowest BCUT2D eigenvalue weighted by Gasteiger charge is -2.12. The van der Waals surface area contributed by atoms with E-state index in [0.717, 1.165) is 22.2 Å². The van der Waals surface area contributed by atoms with E-state index >= 15 is 0 Å². The molecule has 8 heteroatoms. The first-order valence-electron chi connectivity index (χ1n) is 9.40. The van der Waals surface area contributed by atoms with Gasteiger partial charge in [-0.05, 0) is 36.2 Å². The smallest absolute Gasteiger partial charge is 0.291 e. The van der Waals surface area contributed by atoms with Crippen molar-refractivity contribution in [2.24, 2.45) is 0 Å². The quantitative estimate of drug-likeness (QED) is 0.630. The molecular weight excluding hydrogens is 404 g/mol. The summed E-state index contributed by atoms with van der Waals surface area (Å²) in [6.45, 7) is 3.05. The molecule has 0 aliphatic carbocycles. The average molecular weight is 425 g/mol. The molecule has 2 N–H and O–H groups in total. The van der Waals surface area contributed by atoms with Gasteiger partial charge in [-0.3, -0.25) is 14.4 Å². The Balaban J connectivity index is 1.94. The van der Waals surface area contributed by atoms with Crippen molar-refractivity contribution >= 4 is 34.8 Å². The lowest BCUT2D eigenvalue weighted by Crippen LogP contribution is -2.32. The molecule has 3 rings (SSSR count). The Morgan fingerprint density at radius 1 is 1.07 bits per heavy atom. The third-order valence-electron chi connectivity index (χ3n) is 4.34. The minimum Gasteiger partial charge on any atom is -0.324 e. The minimum atomic E-state index is -0.569. The normalized spacial score (nSPS) is 10.5. The maximum Gasteiger partial charge on any atom is 0.291 e. The van der Waals surface area contributed by atoms with Gasteiger partial charge in [0.05, 0.1) is 5.69 Å². The van der Waals surface area contributed by atoms with Crippen LogP contribution in [0.3, 0.4) is 0 Å². The molecule has 7 nitrogen and oxygen atoms in total. The number of aryl methyl sites for hydroxylation is 1. The molecule has 1 heterocycles. The summed E-state index contributed by atoms with van der Waals surface area (Å²) in [6.07, 6.45) is 0.897. The number of benzene rings is 2. The van der Waals surface area contributed by atoms with Crippen LogP contribution in [0.4, 0.5) is 11.4 Å². The van der Waals surface area contributed by atoms with Crippen LogP contribution in [-0.4, -0.2) is 21.6 Å². The number of carbonyl (C=O) groups is 2. The molecule has 154 valence electrons. The molecule has 0 spiro atoms. The average Bonchev–Trinajstić information content (AvgIpc) is 2.70. The summed E-state index contributed by atoms with van der Waals surface area (Å²) in [4.78, 5) is 36.7. The highest BCUT2D eigenvalue weighted by Crippen LogP contribution is 2.19. The van der Waals surface area contributed by atoms with Gasteiger partial charge in [0, 0.05) is 23.2 Å². The lowest BCUT2D eigenvalue weighted by molar-refractivity contribution is -0.117. The van der Waals surface area contributed by atoms with Gasteiger partial charge >= 0.3 is 0 Å². The van der Waals surface area contributed by atoms with Gasteiger partial charge in [-0.1, -0.05) is 48.9 Å². The summed E-state index contributed by atoms with van der Waals surface area (Å²) >= 11 is 5.93. The number of amides is 2. The minimum absolute atomic E-state index is 0.0580. The van der Waals surface area contributed by atoms with E-state index in [-0.39, 0.29) is 18.1 Å². The second-order valence-electron chi connectivity index (χ2n) is 6.70. The summed E-state index contributed by atoms with van der Waals surface area (Å²) < 4.78 is 1.04. The van der Waals surface area contributed by atoms with Crippen molar-refractivity contribution in [2.45, 2.75) is 26.8 Å². The van der Waals surface area contributed by atoms with Gasteiger partial charge in [-0.2, -0.15) is 5.10 Å². The van der Waals surface area contributed by atoms with Crippen LogP contribution in [0, 0.1) is 0 Å². The summed E-state index contributed by atoms with van der Waals surface area (Å²) in [6, 6.07) is 15.9. The molecule has 0 unspecified atom stereocenters. The number of halogens is 1. The fraction of sp³-hybridized carbons (Fsp3) is 0.182. The number of carbonyl (C=O) groups excluding carboxylic acids is 2. The Hall–Kier alpha value is -3.45. The molecule has 0 bridgehead atoms. The van der Waals surface area contributed by atoms with Crippen molar-refractivity contribution in [2.75, 3.05) is 10.6 Å². The van der Waals surface area contributed by atoms with Gasteiger partial charge in [-0.25, -0.2) is 4.68 Å². The molecule has 3 aromatic rings. The number of hydrogen-bond donors (Lipinski definition) is 2. The molecule has 0 aliphatic rings. The SMILES string of the molecule is CCc1ccc(-c2cc(NC(C)=O)c(=O)n(CC(=O)Nc3cccc(Cl)c3)n2)cc1. The molecule has 0 atom stereocenters. The monoisotopic (exact) mass is 424 g/mol. The van der Waals surface area contributed by atoms with Crippen molar-refractivity contribution in [3.05, 3.63) is 75.5 Å². The highest BCUT2D eigenvalue weighted by Gasteiger charge is 2.14. The van der Waals surface area contributed by atoms with E-state index in [1.165, 1.54) is 13.0 Å². The zero-order valence-electron chi connectivity index (χ0n) is 16.6. The van der Waals surface area contributed by atoms with Gasteiger partial charge in [0.15, 0.2) is 0 Å². The Bertz CT molecular complexity index is 1140. The zero-order chi connectivity index (χ0) is 21.7. The Morgan fingerprint density at radius 3 is 2.43 bits per heavy atom. The van der Waals surface area contributed by atoms with E-state index in [4.69, 9.17) is 11.6 Å². The van der Waals surface area contributed by atoms with E-state index in [1.54, 1.807) is 24.3 Å². The fourth-order valence-electron chi connectivity index (χ4n) is 2.88. The van der Waals surface area contributed by atoms with Gasteiger partial charge in [0.25, 0.3) is 5.56 Å². The number of hydrogen-bond acceptors (Lipinski definition) is 4. The van der Waals surface area contributed by atoms with Crippen LogP contribution in [0.5, 0.6) is 0 Å². The van der Waals surface area contributed by atoms with Gasteiger partial charge in [0.1, 0.15) is 12.2 Å². The molecule has 2 aromatic carbocycles. The third-order valence-corrected chi connectivity index (χ3v) is 4.58. The number of rotatable bonds is 6. The van der Waals surface area contributed by atoms with E-state index < -0.39 is 11.5 Å². The molecule has 30 heavy (non-hydrogen) atoms. The van der Waals surface area contributed by atoms with E-state index in [0.29, 0.717) is 16.4 Å². The second kappa shape index (κ2) is 9.37. The van der Waals surface area contributed by atoms with Crippen molar-refractivity contribution in [3.8, 4) is 11.3 Å². The number of anilines is 2. The van der Waals surface area contributed by atoms with Gasteiger partial charge in [0.2, 0.25) is 11.8 Å². The molecule has 2 amide bonds. The first-order valence-corrected chi connectivity index (χ1v) is 9.78. The topological polar surface area (TPSA) is 93.1 Å². The highest BCUT2D eigenvalue weighted by atomic mass is 35.5. The third kappa shape index (κ3) is 5.33. The standard InChI is InChI=1S/C22H21ClN4O3/c1-3-15-7-9-16(10-8-15)19-12-20(24-14(2)28)22(30)27(26-19)13-21(29)25-18-6-4-5-17(23)11-18/h4-12H,3,13H2,1-2H3,(H,24,28)(H,25,29). The molecule has 0 saturated carbocycles. The van der Waals surface area contributed by atoms with E-state index in [1.807, 2.05) is 24.3 Å². The van der Waals surface area contributed by atoms with Crippen molar-refractivity contribution in [1.29, 1.82) is 0 Å². The molecule has 1 aromatic heterocycles. The fourth-order valence-corrected chi connectivity index (χ4v) is 3.07. The summed E-state index contributed by atoms with van der Waals surface area (Å²) in [7, 11) is 0. The van der Waals surface area contributed by atoms with E-state index in [9.17, 15) is 14.4 Å². The predicted molar refractivity (Wildman–Crippen MR) is 118 cm³/mol. The Labute approximate surface area is 178 Å². The molecule has 0 saturated heterocycles. The number of nitrogens with zero attached hydrogens (tertiary/aromatic N) is 2. The first kappa shape index (κ1) is 21.3. The molecular formula is C22H21ClN4O3. The summed E-state index contributed by atoms with van der Waals surface area (Å²) in [5.74, 6) is -0.834. The molecule has 0 radical (unpaired) electrons. The number of aromatic nitrogens is 2. The lowest BCUT2D eigenvalue weighted by atomic mass is 10.1. The van der Waals surface area contributed by atoms with Crippen molar-refractivity contribution < 1.29 is 9.59 Å². The molecule has 0 aliphatic heterocycles. The maximum atomic E-state index is 12.7. The predicted octanol–water partition coefficient (Wildman–Crippen LogP) is 3.72. The van der Waals surface area contributed by atoms with Crippen LogP contribution in [0.15, 0.2) is 59.4 Å². The first-order chi connectivity index (χ1) is 14.4. The van der Waals surface area contributed by atoms with Crippen LogP contribution in [0.25, 0.3) is 11.3 Å².